The molecule has 0 aliphatic rings. The minimum absolute atomic E-state index is 0.660. The second-order valence-corrected chi connectivity index (χ2v) is 6.32. The lowest BCUT2D eigenvalue weighted by molar-refractivity contribution is 1.02. The number of halogens is 2. The quantitative estimate of drug-likeness (QED) is 0.588. The van der Waals surface area contributed by atoms with E-state index in [-0.39, 0.29) is 0 Å². The van der Waals surface area contributed by atoms with Crippen molar-refractivity contribution in [2.75, 3.05) is 0 Å². The van der Waals surface area contributed by atoms with Gasteiger partial charge in [0.05, 0.1) is 12.0 Å². The molecule has 0 radical (unpaired) electrons. The zero-order valence-corrected chi connectivity index (χ0v) is 13.4. The Morgan fingerprint density at radius 1 is 1.10 bits per heavy atom. The molecule has 2 nitrogen and oxygen atoms in total. The summed E-state index contributed by atoms with van der Waals surface area (Å²) >= 11 is 13.9. The zero-order chi connectivity index (χ0) is 14.7. The molecule has 0 spiro atoms. The highest BCUT2D eigenvalue weighted by Gasteiger charge is 2.07. The molecule has 1 aromatic heterocycles. The lowest BCUT2D eigenvalue weighted by Gasteiger charge is -2.10. The first-order chi connectivity index (χ1) is 10.2. The van der Waals surface area contributed by atoms with Gasteiger partial charge < -0.3 is 4.57 Å². The predicted octanol–water partition coefficient (Wildman–Crippen LogP) is 5.47. The van der Waals surface area contributed by atoms with Crippen LogP contribution in [-0.4, -0.2) is 9.55 Å². The number of benzene rings is 2. The van der Waals surface area contributed by atoms with Gasteiger partial charge in [-0.25, -0.2) is 4.98 Å². The smallest absolute Gasteiger partial charge is 0.0992 e. The maximum atomic E-state index is 6.22. The van der Waals surface area contributed by atoms with Crippen molar-refractivity contribution in [1.29, 1.82) is 0 Å². The van der Waals surface area contributed by atoms with E-state index in [2.05, 4.69) is 17.1 Å². The van der Waals surface area contributed by atoms with Gasteiger partial charge in [-0.05, 0) is 29.8 Å². The second kappa shape index (κ2) is 6.56. The third-order valence-corrected chi connectivity index (χ3v) is 4.74. The van der Waals surface area contributed by atoms with Crippen LogP contribution in [0.2, 0.25) is 10.0 Å². The van der Waals surface area contributed by atoms with E-state index in [4.69, 9.17) is 23.2 Å². The number of imidazole rings is 1. The molecule has 0 bridgehead atoms. The van der Waals surface area contributed by atoms with Crippen molar-refractivity contribution < 1.29 is 0 Å². The SMILES string of the molecule is Clc1ccc(CSc2ccccc2-n2ccnc2)c(Cl)c1. The molecule has 106 valence electrons. The van der Waals surface area contributed by atoms with Crippen LogP contribution in [0, 0.1) is 0 Å². The fourth-order valence-electron chi connectivity index (χ4n) is 1.99. The number of nitrogens with zero attached hydrogens (tertiary/aromatic N) is 2. The Hall–Kier alpha value is -1.42. The van der Waals surface area contributed by atoms with Crippen LogP contribution in [0.1, 0.15) is 5.56 Å². The summed E-state index contributed by atoms with van der Waals surface area (Å²) < 4.78 is 2.01. The maximum absolute atomic E-state index is 6.22. The van der Waals surface area contributed by atoms with Gasteiger partial charge in [-0.15, -0.1) is 11.8 Å². The van der Waals surface area contributed by atoms with Gasteiger partial charge in [0.15, 0.2) is 0 Å². The van der Waals surface area contributed by atoms with Crippen molar-refractivity contribution in [2.45, 2.75) is 10.6 Å². The average Bonchev–Trinajstić information content (AvgIpc) is 3.01. The Morgan fingerprint density at radius 2 is 1.95 bits per heavy atom. The number of thioether (sulfide) groups is 1. The van der Waals surface area contributed by atoms with Crippen LogP contribution in [0.4, 0.5) is 0 Å². The molecule has 0 unspecified atom stereocenters. The first kappa shape index (κ1) is 14.5. The number of hydrogen-bond acceptors (Lipinski definition) is 2. The monoisotopic (exact) mass is 334 g/mol. The largest absolute Gasteiger partial charge is 0.305 e. The molecule has 0 atom stereocenters. The summed E-state index contributed by atoms with van der Waals surface area (Å²) in [5.74, 6) is 0.793. The van der Waals surface area contributed by atoms with Gasteiger partial charge in [0.25, 0.3) is 0 Å². The highest BCUT2D eigenvalue weighted by Crippen LogP contribution is 2.31. The van der Waals surface area contributed by atoms with Crippen LogP contribution in [0.3, 0.4) is 0 Å². The summed E-state index contributed by atoms with van der Waals surface area (Å²) in [6.07, 6.45) is 5.51. The van der Waals surface area contributed by atoms with E-state index in [1.165, 1.54) is 4.90 Å². The Bertz CT molecular complexity index is 742. The molecule has 0 amide bonds. The summed E-state index contributed by atoms with van der Waals surface area (Å²) in [5, 5.41) is 1.36. The summed E-state index contributed by atoms with van der Waals surface area (Å²) in [6.45, 7) is 0. The molecule has 0 saturated heterocycles. The Balaban J connectivity index is 1.83. The molecule has 3 aromatic rings. The van der Waals surface area contributed by atoms with Crippen molar-refractivity contribution in [1.82, 2.24) is 9.55 Å². The molecule has 0 saturated carbocycles. The van der Waals surface area contributed by atoms with Gasteiger partial charge in [0, 0.05) is 33.1 Å². The van der Waals surface area contributed by atoms with Crippen LogP contribution >= 0.6 is 35.0 Å². The van der Waals surface area contributed by atoms with Gasteiger partial charge in [0.1, 0.15) is 0 Å². The molecular weight excluding hydrogens is 323 g/mol. The minimum atomic E-state index is 0.660. The molecule has 1 heterocycles. The molecule has 0 aliphatic carbocycles. The predicted molar refractivity (Wildman–Crippen MR) is 89.6 cm³/mol. The van der Waals surface area contributed by atoms with Gasteiger partial charge in [0.2, 0.25) is 0 Å². The minimum Gasteiger partial charge on any atom is -0.305 e. The number of aromatic nitrogens is 2. The summed E-state index contributed by atoms with van der Waals surface area (Å²) in [6, 6.07) is 13.8. The topological polar surface area (TPSA) is 17.8 Å². The van der Waals surface area contributed by atoms with Crippen LogP contribution < -0.4 is 0 Å². The normalized spacial score (nSPS) is 10.8. The van der Waals surface area contributed by atoms with Gasteiger partial charge >= 0.3 is 0 Å². The van der Waals surface area contributed by atoms with Crippen molar-refractivity contribution in [3.63, 3.8) is 0 Å². The maximum Gasteiger partial charge on any atom is 0.0992 e. The van der Waals surface area contributed by atoms with Crippen molar-refractivity contribution in [3.05, 3.63) is 76.8 Å². The average molecular weight is 335 g/mol. The van der Waals surface area contributed by atoms with E-state index in [1.54, 1.807) is 30.4 Å². The van der Waals surface area contributed by atoms with Crippen LogP contribution in [0.5, 0.6) is 0 Å². The zero-order valence-electron chi connectivity index (χ0n) is 11.0. The molecule has 0 N–H and O–H groups in total. The Kier molecular flexibility index (Phi) is 4.54. The van der Waals surface area contributed by atoms with Gasteiger partial charge in [-0.3, -0.25) is 0 Å². The summed E-state index contributed by atoms with van der Waals surface area (Å²) in [7, 11) is 0. The highest BCUT2D eigenvalue weighted by atomic mass is 35.5. The van der Waals surface area contributed by atoms with E-state index in [1.807, 2.05) is 35.0 Å². The number of rotatable bonds is 4. The van der Waals surface area contributed by atoms with Gasteiger partial charge in [-0.1, -0.05) is 41.4 Å². The van der Waals surface area contributed by atoms with Gasteiger partial charge in [-0.2, -0.15) is 0 Å². The van der Waals surface area contributed by atoms with E-state index < -0.39 is 0 Å². The fourth-order valence-corrected chi connectivity index (χ4v) is 3.60. The van der Waals surface area contributed by atoms with Crippen LogP contribution in [0.25, 0.3) is 5.69 Å². The second-order valence-electron chi connectivity index (χ2n) is 4.46. The summed E-state index contributed by atoms with van der Waals surface area (Å²) in [4.78, 5) is 5.28. The molecule has 0 fully saturated rings. The third-order valence-electron chi connectivity index (χ3n) is 3.05. The lowest BCUT2D eigenvalue weighted by atomic mass is 10.2. The first-order valence-corrected chi connectivity index (χ1v) is 8.12. The van der Waals surface area contributed by atoms with E-state index in [9.17, 15) is 0 Å². The highest BCUT2D eigenvalue weighted by molar-refractivity contribution is 7.98. The number of para-hydroxylation sites is 1. The lowest BCUT2D eigenvalue weighted by Crippen LogP contribution is -1.93. The van der Waals surface area contributed by atoms with Crippen LogP contribution in [0.15, 0.2) is 66.1 Å². The molecule has 21 heavy (non-hydrogen) atoms. The Labute approximate surface area is 137 Å². The van der Waals surface area contributed by atoms with Crippen molar-refractivity contribution in [3.8, 4) is 5.69 Å². The van der Waals surface area contributed by atoms with E-state index >= 15 is 0 Å². The summed E-state index contributed by atoms with van der Waals surface area (Å²) in [5.41, 5.74) is 2.19. The van der Waals surface area contributed by atoms with Crippen LogP contribution in [-0.2, 0) is 5.75 Å². The molecule has 3 rings (SSSR count). The molecular formula is C16H12Cl2N2S. The van der Waals surface area contributed by atoms with E-state index in [0.29, 0.717) is 10.0 Å². The standard InChI is InChI=1S/C16H12Cl2N2S/c17-13-6-5-12(14(18)9-13)10-21-16-4-2-1-3-15(16)20-8-7-19-11-20/h1-9,11H,10H2. The molecule has 2 aromatic carbocycles. The fraction of sp³-hybridized carbons (Fsp3) is 0.0625. The molecule has 0 aliphatic heterocycles. The molecule has 5 heteroatoms. The van der Waals surface area contributed by atoms with Crippen molar-refractivity contribution in [2.24, 2.45) is 0 Å². The van der Waals surface area contributed by atoms with E-state index in [0.717, 1.165) is 17.0 Å². The Morgan fingerprint density at radius 3 is 2.71 bits per heavy atom. The number of hydrogen-bond donors (Lipinski definition) is 0. The third kappa shape index (κ3) is 3.43. The van der Waals surface area contributed by atoms with Crippen molar-refractivity contribution >= 4 is 35.0 Å². The first-order valence-electron chi connectivity index (χ1n) is 6.38.